The summed E-state index contributed by atoms with van der Waals surface area (Å²) in [6, 6.07) is 7.33. The smallest absolute Gasteiger partial charge is 0.343 e. The number of hydrogen-bond donors (Lipinski definition) is 2. The molecule has 2 N–H and O–H groups in total. The largest absolute Gasteiger partial charge is 0.496 e. The topological polar surface area (TPSA) is 85.3 Å². The molecule has 3 aliphatic rings. The molecule has 4 rings (SSSR count). The van der Waals surface area contributed by atoms with E-state index in [9.17, 15) is 14.8 Å². The van der Waals surface area contributed by atoms with Crippen molar-refractivity contribution in [2.75, 3.05) is 13.7 Å². The zero-order chi connectivity index (χ0) is 25.0. The number of rotatable bonds is 7. The van der Waals surface area contributed by atoms with Crippen LogP contribution >= 0.6 is 0 Å². The van der Waals surface area contributed by atoms with E-state index in [1.54, 1.807) is 12.0 Å². The monoisotopic (exact) mass is 486 g/mol. The first-order valence-electron chi connectivity index (χ1n) is 13.3. The maximum atomic E-state index is 13.9. The summed E-state index contributed by atoms with van der Waals surface area (Å²) in [5, 5.41) is 15.1. The fourth-order valence-electron chi connectivity index (χ4n) is 6.23. The lowest BCUT2D eigenvalue weighted by atomic mass is 9.92. The van der Waals surface area contributed by atoms with Gasteiger partial charge in [-0.1, -0.05) is 56.7 Å². The van der Waals surface area contributed by atoms with Gasteiger partial charge in [-0.05, 0) is 57.6 Å². The van der Waals surface area contributed by atoms with Gasteiger partial charge in [0.25, 0.3) is 0 Å². The summed E-state index contributed by atoms with van der Waals surface area (Å²) in [5.41, 5.74) is 0.261. The van der Waals surface area contributed by atoms with Crippen molar-refractivity contribution in [3.8, 4) is 5.75 Å². The molecule has 0 bridgehead atoms. The fraction of sp³-hybridized carbons (Fsp3) is 0.704. The summed E-state index contributed by atoms with van der Waals surface area (Å²) in [7, 11) is 1.65. The Balaban J connectivity index is 1.56. The van der Waals surface area contributed by atoms with Crippen LogP contribution in [0.5, 0.6) is 5.75 Å². The van der Waals surface area contributed by atoms with Gasteiger partial charge >= 0.3 is 12.1 Å². The summed E-state index contributed by atoms with van der Waals surface area (Å²) in [4.78, 5) is 30.7. The van der Waals surface area contributed by atoms with Crippen molar-refractivity contribution in [2.45, 2.75) is 108 Å². The third-order valence-corrected chi connectivity index (χ3v) is 8.18. The highest BCUT2D eigenvalue weighted by atomic mass is 16.5. The Morgan fingerprint density at radius 2 is 1.71 bits per heavy atom. The number of para-hydroxylation sites is 1. The molecular weight excluding hydrogens is 444 g/mol. The summed E-state index contributed by atoms with van der Waals surface area (Å²) in [6.45, 7) is 4.39. The molecule has 0 aromatic heterocycles. The number of carbonyl (C=O) groups excluding carboxylic acids is 2. The average Bonchev–Trinajstić information content (AvgIpc) is 3.07. The van der Waals surface area contributed by atoms with E-state index in [4.69, 9.17) is 4.74 Å². The van der Waals surface area contributed by atoms with Gasteiger partial charge < -0.3 is 15.0 Å². The highest BCUT2D eigenvalue weighted by Crippen LogP contribution is 2.39. The summed E-state index contributed by atoms with van der Waals surface area (Å²) < 4.78 is 5.50. The minimum atomic E-state index is -0.769. The molecule has 1 aromatic rings. The van der Waals surface area contributed by atoms with Crippen molar-refractivity contribution in [1.29, 1.82) is 0 Å². The number of nitrogens with one attached hydrogen (secondary N) is 1. The molecule has 194 valence electrons. The van der Waals surface area contributed by atoms with E-state index < -0.39 is 17.7 Å². The molecular formula is C27H42N4O4. The van der Waals surface area contributed by atoms with E-state index in [2.05, 4.69) is 5.32 Å². The molecule has 3 fully saturated rings. The van der Waals surface area contributed by atoms with Crippen LogP contribution in [0.3, 0.4) is 0 Å². The normalized spacial score (nSPS) is 23.4. The second-order valence-electron chi connectivity index (χ2n) is 10.9. The number of nitrogens with zero attached hydrogens (tertiary/aromatic N) is 3. The van der Waals surface area contributed by atoms with Crippen molar-refractivity contribution in [2.24, 2.45) is 0 Å². The van der Waals surface area contributed by atoms with Crippen molar-refractivity contribution in [1.82, 2.24) is 20.2 Å². The SMILES string of the molecule is COc1ccccc1CCN1C(=O)N(C2CCCCC2)C(N(O)C(=O)NC2CCCCC2)C1(C)C. The number of carbonyl (C=O) groups is 2. The van der Waals surface area contributed by atoms with Gasteiger partial charge in [-0.25, -0.2) is 9.59 Å². The molecule has 2 saturated carbocycles. The maximum Gasteiger partial charge on any atom is 0.343 e. The van der Waals surface area contributed by atoms with Crippen LogP contribution in [0.4, 0.5) is 9.59 Å². The molecule has 0 radical (unpaired) electrons. The quantitative estimate of drug-likeness (QED) is 0.412. The number of hydroxylamine groups is 2. The number of methoxy groups -OCH3 is 1. The lowest BCUT2D eigenvalue weighted by molar-refractivity contribution is -0.141. The van der Waals surface area contributed by atoms with Gasteiger partial charge in [-0.3, -0.25) is 10.1 Å². The van der Waals surface area contributed by atoms with Crippen molar-refractivity contribution in [3.63, 3.8) is 0 Å². The third-order valence-electron chi connectivity index (χ3n) is 8.18. The van der Waals surface area contributed by atoms with Crippen LogP contribution in [-0.2, 0) is 6.42 Å². The van der Waals surface area contributed by atoms with E-state index in [1.807, 2.05) is 43.0 Å². The first kappa shape index (κ1) is 25.6. The van der Waals surface area contributed by atoms with Gasteiger partial charge in [0.15, 0.2) is 6.17 Å². The Kier molecular flexibility index (Phi) is 8.09. The number of benzene rings is 1. The molecule has 4 amide bonds. The van der Waals surface area contributed by atoms with Crippen molar-refractivity contribution < 1.29 is 19.5 Å². The Labute approximate surface area is 209 Å². The molecule has 35 heavy (non-hydrogen) atoms. The van der Waals surface area contributed by atoms with Crippen LogP contribution in [0.2, 0.25) is 0 Å². The second-order valence-corrected chi connectivity index (χ2v) is 10.9. The molecule has 8 heteroatoms. The third kappa shape index (κ3) is 5.37. The first-order valence-corrected chi connectivity index (χ1v) is 13.3. The summed E-state index contributed by atoms with van der Waals surface area (Å²) in [5.74, 6) is 0.799. The van der Waals surface area contributed by atoms with Gasteiger partial charge in [0.2, 0.25) is 0 Å². The average molecular weight is 487 g/mol. The number of ether oxygens (including phenoxy) is 1. The molecule has 1 unspecified atom stereocenters. The first-order chi connectivity index (χ1) is 16.8. The zero-order valence-corrected chi connectivity index (χ0v) is 21.5. The molecule has 2 aliphatic carbocycles. The van der Waals surface area contributed by atoms with E-state index in [-0.39, 0.29) is 18.1 Å². The van der Waals surface area contributed by atoms with E-state index in [0.29, 0.717) is 13.0 Å². The Morgan fingerprint density at radius 3 is 2.37 bits per heavy atom. The molecule has 1 heterocycles. The Bertz CT molecular complexity index is 880. The lowest BCUT2D eigenvalue weighted by Gasteiger charge is -2.42. The predicted molar refractivity (Wildman–Crippen MR) is 134 cm³/mol. The van der Waals surface area contributed by atoms with Gasteiger partial charge in [-0.15, -0.1) is 0 Å². The fourth-order valence-corrected chi connectivity index (χ4v) is 6.23. The van der Waals surface area contributed by atoms with Crippen LogP contribution in [0.25, 0.3) is 0 Å². The molecule has 8 nitrogen and oxygen atoms in total. The molecule has 1 aromatic carbocycles. The minimum absolute atomic E-state index is 0.0221. The number of amides is 4. The molecule has 1 saturated heterocycles. The molecule has 1 aliphatic heterocycles. The Morgan fingerprint density at radius 1 is 1.09 bits per heavy atom. The van der Waals surface area contributed by atoms with E-state index in [1.165, 1.54) is 6.42 Å². The summed E-state index contributed by atoms with van der Waals surface area (Å²) >= 11 is 0. The van der Waals surface area contributed by atoms with Gasteiger partial charge in [0, 0.05) is 18.6 Å². The van der Waals surface area contributed by atoms with Crippen LogP contribution in [0, 0.1) is 0 Å². The van der Waals surface area contributed by atoms with Crippen LogP contribution in [0.1, 0.15) is 83.6 Å². The van der Waals surface area contributed by atoms with Crippen molar-refractivity contribution in [3.05, 3.63) is 29.8 Å². The highest BCUT2D eigenvalue weighted by molar-refractivity contribution is 5.81. The lowest BCUT2D eigenvalue weighted by Crippen LogP contribution is -2.61. The Hall–Kier alpha value is -2.48. The van der Waals surface area contributed by atoms with Gasteiger partial charge in [-0.2, -0.15) is 5.06 Å². The van der Waals surface area contributed by atoms with Crippen LogP contribution in [0.15, 0.2) is 24.3 Å². The maximum absolute atomic E-state index is 13.9. The van der Waals surface area contributed by atoms with Crippen LogP contribution < -0.4 is 10.1 Å². The summed E-state index contributed by atoms with van der Waals surface area (Å²) in [6.07, 6.45) is 10.2. The molecule has 1 atom stereocenters. The highest BCUT2D eigenvalue weighted by Gasteiger charge is 2.57. The number of urea groups is 2. The second kappa shape index (κ2) is 11.1. The standard InChI is InChI=1S/C27H42N4O4/c1-27(2)24(31(34)25(32)28-21-13-6-4-7-14-21)30(22-15-8-5-9-16-22)26(33)29(27)19-18-20-12-10-11-17-23(20)35-3/h10-12,17,21-22,24,34H,4-9,13-16,18-19H2,1-3H3,(H,28,32). The van der Waals surface area contributed by atoms with Gasteiger partial charge in [0.1, 0.15) is 5.75 Å². The minimum Gasteiger partial charge on any atom is -0.496 e. The van der Waals surface area contributed by atoms with Gasteiger partial charge in [0.05, 0.1) is 12.6 Å². The zero-order valence-electron chi connectivity index (χ0n) is 21.5. The number of hydrogen-bond acceptors (Lipinski definition) is 4. The van der Waals surface area contributed by atoms with Crippen LogP contribution in [-0.4, -0.2) is 69.6 Å². The van der Waals surface area contributed by atoms with E-state index in [0.717, 1.165) is 74.2 Å². The molecule has 0 spiro atoms. The predicted octanol–water partition coefficient (Wildman–Crippen LogP) is 5.15. The van der Waals surface area contributed by atoms with E-state index >= 15 is 0 Å². The van der Waals surface area contributed by atoms with Crippen molar-refractivity contribution >= 4 is 12.1 Å².